The smallest absolute Gasteiger partial charge is 0.323 e. The van der Waals surface area contributed by atoms with Gasteiger partial charge in [0.1, 0.15) is 12.6 Å². The van der Waals surface area contributed by atoms with E-state index in [0.29, 0.717) is 0 Å². The molecule has 0 amide bonds. The normalized spacial score (nSPS) is 24.9. The number of carbonyl (C=O) groups excluding carboxylic acids is 1. The van der Waals surface area contributed by atoms with Gasteiger partial charge >= 0.3 is 5.97 Å². The largest absolute Gasteiger partial charge is 0.468 e. The lowest BCUT2D eigenvalue weighted by Crippen LogP contribution is -2.42. The minimum Gasteiger partial charge on any atom is -0.468 e. The summed E-state index contributed by atoms with van der Waals surface area (Å²) in [5.41, 5.74) is 0. The molecule has 0 saturated carbocycles. The molecule has 5 heteroatoms. The number of ether oxygens (including phenoxy) is 1. The van der Waals surface area contributed by atoms with Crippen LogP contribution in [-0.2, 0) is 14.6 Å². The first-order valence-electron chi connectivity index (χ1n) is 4.77. The molecule has 1 aliphatic heterocycles. The fourth-order valence-electron chi connectivity index (χ4n) is 1.77. The van der Waals surface area contributed by atoms with E-state index in [1.54, 1.807) is 0 Å². The molecule has 2 atom stereocenters. The molecule has 0 aliphatic carbocycles. The van der Waals surface area contributed by atoms with E-state index in [1.165, 1.54) is 7.11 Å². The van der Waals surface area contributed by atoms with Gasteiger partial charge in [-0.2, -0.15) is 0 Å². The van der Waals surface area contributed by atoms with Crippen LogP contribution in [-0.4, -0.2) is 54.9 Å². The molecule has 1 aliphatic rings. The fourth-order valence-corrected chi connectivity index (χ4v) is 1.77. The van der Waals surface area contributed by atoms with Gasteiger partial charge < -0.3 is 9.84 Å². The molecule has 0 aromatic heterocycles. The van der Waals surface area contributed by atoms with Crippen LogP contribution in [0.1, 0.15) is 12.8 Å². The lowest BCUT2D eigenvalue weighted by atomic mass is 10.2. The Morgan fingerprint density at radius 3 is 3.00 bits per heavy atom. The Bertz CT molecular complexity index is 197. The Morgan fingerprint density at radius 2 is 2.43 bits per heavy atom. The van der Waals surface area contributed by atoms with Crippen LogP contribution >= 0.6 is 0 Å². The topological polar surface area (TPSA) is 69.7 Å². The van der Waals surface area contributed by atoms with E-state index in [4.69, 9.17) is 0 Å². The summed E-state index contributed by atoms with van der Waals surface area (Å²) in [7, 11) is 1.35. The number of aliphatic hydroxyl groups is 1. The third kappa shape index (κ3) is 2.67. The zero-order valence-corrected chi connectivity index (χ0v) is 8.31. The van der Waals surface area contributed by atoms with Gasteiger partial charge in [-0.15, -0.1) is 0 Å². The number of hydrogen-bond acceptors (Lipinski definition) is 4. The summed E-state index contributed by atoms with van der Waals surface area (Å²) >= 11 is 0. The minimum atomic E-state index is -0.889. The van der Waals surface area contributed by atoms with Crippen molar-refractivity contribution >= 4 is 5.97 Å². The van der Waals surface area contributed by atoms with Crippen LogP contribution in [0.4, 0.5) is 0 Å². The van der Waals surface area contributed by atoms with Crippen molar-refractivity contribution in [2.45, 2.75) is 25.0 Å². The second kappa shape index (κ2) is 5.29. The van der Waals surface area contributed by atoms with E-state index in [2.05, 4.69) is 4.74 Å². The third-order valence-electron chi connectivity index (χ3n) is 2.47. The summed E-state index contributed by atoms with van der Waals surface area (Å²) < 4.78 is 4.64. The first-order chi connectivity index (χ1) is 6.69. The van der Waals surface area contributed by atoms with Gasteiger partial charge in [0.05, 0.1) is 13.2 Å². The number of aliphatic hydroxyl groups excluding tert-OH is 1. The van der Waals surface area contributed by atoms with Gasteiger partial charge in [-0.05, 0) is 19.4 Å². The molecule has 81 valence electrons. The highest BCUT2D eigenvalue weighted by atomic mass is 16.5. The van der Waals surface area contributed by atoms with Gasteiger partial charge in [0.2, 0.25) is 0 Å². The number of esters is 1. The highest BCUT2D eigenvalue weighted by molar-refractivity contribution is 5.75. The second-order valence-corrected chi connectivity index (χ2v) is 3.50. The molecule has 1 fully saturated rings. The molecular weight excluding hydrogens is 186 g/mol. The first kappa shape index (κ1) is 11.4. The van der Waals surface area contributed by atoms with Crippen LogP contribution in [0.15, 0.2) is 0 Å². The van der Waals surface area contributed by atoms with Crippen LogP contribution in [0.25, 0.3) is 0 Å². The Labute approximate surface area is 83.3 Å². The highest BCUT2D eigenvalue weighted by Gasteiger charge is 2.32. The summed E-state index contributed by atoms with van der Waals surface area (Å²) in [4.78, 5) is 13.1. The van der Waals surface area contributed by atoms with Gasteiger partial charge in [-0.1, -0.05) is 0 Å². The fraction of sp³-hybridized carbons (Fsp3) is 0.889. The number of likely N-dealkylation sites (tertiary alicyclic amines) is 1. The van der Waals surface area contributed by atoms with Crippen LogP contribution in [0.3, 0.4) is 0 Å². The van der Waals surface area contributed by atoms with Gasteiger partial charge in [0, 0.05) is 6.54 Å². The van der Waals surface area contributed by atoms with Gasteiger partial charge in [-0.25, -0.2) is 5.11 Å². The van der Waals surface area contributed by atoms with Crippen molar-refractivity contribution in [3.63, 3.8) is 0 Å². The molecule has 1 rings (SSSR count). The molecular formula is C9H16NO4. The summed E-state index contributed by atoms with van der Waals surface area (Å²) in [6.07, 6.45) is 0.768. The number of β-amino-alcohol motifs (C(OH)–C–C–N with tert-alkyl or cyclic N) is 1. The van der Waals surface area contributed by atoms with Crippen LogP contribution in [0.2, 0.25) is 0 Å². The summed E-state index contributed by atoms with van der Waals surface area (Å²) in [5.74, 6) is -0.277. The maximum atomic E-state index is 11.3. The van der Waals surface area contributed by atoms with E-state index in [0.717, 1.165) is 19.4 Å². The molecule has 1 saturated heterocycles. The zero-order valence-electron chi connectivity index (χ0n) is 8.31. The van der Waals surface area contributed by atoms with Crippen LogP contribution in [0, 0.1) is 0 Å². The first-order valence-corrected chi connectivity index (χ1v) is 4.77. The Kier molecular flexibility index (Phi) is 4.31. The van der Waals surface area contributed by atoms with Crippen molar-refractivity contribution in [2.24, 2.45) is 0 Å². The number of hydrogen-bond donors (Lipinski definition) is 1. The van der Waals surface area contributed by atoms with E-state index < -0.39 is 12.7 Å². The number of methoxy groups -OCH3 is 1. The standard InChI is InChI=1S/C9H16NO4/c1-14-9(13)8-3-2-4-10(8)5-7(12)6-11/h7-8,12H,2-6H2,1H3. The summed E-state index contributed by atoms with van der Waals surface area (Å²) in [6, 6.07) is -0.277. The molecule has 0 aromatic carbocycles. The molecule has 0 bridgehead atoms. The molecule has 5 nitrogen and oxygen atoms in total. The van der Waals surface area contributed by atoms with E-state index in [9.17, 15) is 15.0 Å². The van der Waals surface area contributed by atoms with Gasteiger partial charge in [0.15, 0.2) is 0 Å². The molecule has 0 spiro atoms. The maximum Gasteiger partial charge on any atom is 0.323 e. The van der Waals surface area contributed by atoms with Crippen molar-refractivity contribution in [1.82, 2.24) is 4.90 Å². The third-order valence-corrected chi connectivity index (χ3v) is 2.47. The number of rotatable bonds is 4. The lowest BCUT2D eigenvalue weighted by Gasteiger charge is -2.23. The highest BCUT2D eigenvalue weighted by Crippen LogP contribution is 2.18. The zero-order chi connectivity index (χ0) is 10.6. The Balaban J connectivity index is 2.46. The molecule has 14 heavy (non-hydrogen) atoms. The van der Waals surface area contributed by atoms with Crippen molar-refractivity contribution in [3.05, 3.63) is 0 Å². The Hall–Kier alpha value is -0.650. The van der Waals surface area contributed by atoms with Crippen LogP contribution in [0.5, 0.6) is 0 Å². The summed E-state index contributed by atoms with van der Waals surface area (Å²) in [6.45, 7) is 0.491. The minimum absolute atomic E-state index is 0.267. The Morgan fingerprint density at radius 1 is 1.71 bits per heavy atom. The monoisotopic (exact) mass is 202 g/mol. The van der Waals surface area contributed by atoms with Gasteiger partial charge in [-0.3, -0.25) is 9.69 Å². The average molecular weight is 202 g/mol. The average Bonchev–Trinajstić information content (AvgIpc) is 2.64. The predicted octanol–water partition coefficient (Wildman–Crippen LogP) is -0.585. The second-order valence-electron chi connectivity index (χ2n) is 3.50. The quantitative estimate of drug-likeness (QED) is 0.619. The summed E-state index contributed by atoms with van der Waals surface area (Å²) in [5, 5.41) is 19.6. The van der Waals surface area contributed by atoms with Gasteiger partial charge in [0.25, 0.3) is 0 Å². The number of nitrogens with zero attached hydrogens (tertiary/aromatic N) is 1. The molecule has 1 N–H and O–H groups in total. The van der Waals surface area contributed by atoms with Crippen molar-refractivity contribution < 1.29 is 19.7 Å². The lowest BCUT2D eigenvalue weighted by molar-refractivity contribution is -0.146. The molecule has 0 aromatic rings. The molecule has 1 heterocycles. The van der Waals surface area contributed by atoms with Crippen molar-refractivity contribution in [3.8, 4) is 0 Å². The maximum absolute atomic E-state index is 11.3. The number of carbonyl (C=O) groups is 1. The van der Waals surface area contributed by atoms with E-state index >= 15 is 0 Å². The SMILES string of the molecule is COC(=O)C1CCCN1CC(O)C[O]. The van der Waals surface area contributed by atoms with Crippen molar-refractivity contribution in [2.75, 3.05) is 26.8 Å². The van der Waals surface area contributed by atoms with E-state index in [1.807, 2.05) is 4.90 Å². The van der Waals surface area contributed by atoms with Crippen LogP contribution < -0.4 is 0 Å². The van der Waals surface area contributed by atoms with E-state index in [-0.39, 0.29) is 18.6 Å². The molecule has 2 unspecified atom stereocenters. The predicted molar refractivity (Wildman–Crippen MR) is 48.2 cm³/mol. The van der Waals surface area contributed by atoms with Crippen molar-refractivity contribution in [1.29, 1.82) is 0 Å². The molecule has 1 radical (unpaired) electrons.